The van der Waals surface area contributed by atoms with E-state index in [2.05, 4.69) is 20.4 Å². The number of nitrogens with zero attached hydrogens (tertiary/aromatic N) is 4. The van der Waals surface area contributed by atoms with Gasteiger partial charge in [-0.3, -0.25) is 19.4 Å². The van der Waals surface area contributed by atoms with Gasteiger partial charge in [0.2, 0.25) is 0 Å². The van der Waals surface area contributed by atoms with Crippen molar-refractivity contribution >= 4 is 16.9 Å². The predicted octanol–water partition coefficient (Wildman–Crippen LogP) is 1.64. The number of carbonyl (C=O) groups excluding carboxylic acids is 1. The van der Waals surface area contributed by atoms with Crippen LogP contribution in [0.5, 0.6) is 0 Å². The number of para-hydroxylation sites is 1. The highest BCUT2D eigenvalue weighted by Crippen LogP contribution is 2.13. The maximum Gasteiger partial charge on any atom is 0.253 e. The van der Waals surface area contributed by atoms with Crippen LogP contribution in [-0.2, 0) is 6.54 Å². The van der Waals surface area contributed by atoms with Gasteiger partial charge in [0, 0.05) is 30.8 Å². The SMILES string of the molecule is C[C@@H](Cn1cccn1)NC(=O)c1cccc2nccnc12. The van der Waals surface area contributed by atoms with Crippen LogP contribution < -0.4 is 5.32 Å². The van der Waals surface area contributed by atoms with Crippen LogP contribution >= 0.6 is 0 Å². The Morgan fingerprint density at radius 1 is 1.24 bits per heavy atom. The van der Waals surface area contributed by atoms with Crippen LogP contribution in [0.25, 0.3) is 11.0 Å². The summed E-state index contributed by atoms with van der Waals surface area (Å²) in [6.45, 7) is 2.56. The molecule has 1 atom stereocenters. The van der Waals surface area contributed by atoms with Gasteiger partial charge in [-0.05, 0) is 25.1 Å². The number of rotatable bonds is 4. The highest BCUT2D eigenvalue weighted by molar-refractivity contribution is 6.04. The molecule has 0 aliphatic heterocycles. The van der Waals surface area contributed by atoms with Gasteiger partial charge >= 0.3 is 0 Å². The number of nitrogens with one attached hydrogen (secondary N) is 1. The average Bonchev–Trinajstić information content (AvgIpc) is 2.99. The lowest BCUT2D eigenvalue weighted by molar-refractivity contribution is 0.0937. The first kappa shape index (κ1) is 13.2. The van der Waals surface area contributed by atoms with Gasteiger partial charge in [0.05, 0.1) is 17.6 Å². The smallest absolute Gasteiger partial charge is 0.253 e. The van der Waals surface area contributed by atoms with Gasteiger partial charge in [0.15, 0.2) is 0 Å². The fourth-order valence-corrected chi connectivity index (χ4v) is 2.21. The zero-order valence-electron chi connectivity index (χ0n) is 11.6. The van der Waals surface area contributed by atoms with E-state index in [1.807, 2.05) is 31.3 Å². The van der Waals surface area contributed by atoms with Crippen LogP contribution in [0.2, 0.25) is 0 Å². The molecule has 0 fully saturated rings. The van der Waals surface area contributed by atoms with E-state index in [1.165, 1.54) is 0 Å². The molecule has 0 spiro atoms. The van der Waals surface area contributed by atoms with Gasteiger partial charge in [-0.25, -0.2) is 0 Å². The Kier molecular flexibility index (Phi) is 3.59. The Morgan fingerprint density at radius 2 is 2.10 bits per heavy atom. The minimum atomic E-state index is -0.152. The molecular formula is C15H15N5O. The molecule has 0 aliphatic carbocycles. The summed E-state index contributed by atoms with van der Waals surface area (Å²) in [7, 11) is 0. The van der Waals surface area contributed by atoms with E-state index >= 15 is 0 Å². The zero-order chi connectivity index (χ0) is 14.7. The molecule has 2 aromatic heterocycles. The summed E-state index contributed by atoms with van der Waals surface area (Å²) in [4.78, 5) is 20.8. The largest absolute Gasteiger partial charge is 0.348 e. The summed E-state index contributed by atoms with van der Waals surface area (Å²) in [6, 6.07) is 7.22. The normalized spacial score (nSPS) is 12.2. The molecule has 0 unspecified atom stereocenters. The summed E-state index contributed by atoms with van der Waals surface area (Å²) in [5.74, 6) is -0.152. The number of hydrogen-bond donors (Lipinski definition) is 1. The molecule has 0 aliphatic rings. The average molecular weight is 281 g/mol. The minimum absolute atomic E-state index is 0.0377. The number of aromatic nitrogens is 4. The van der Waals surface area contributed by atoms with Crippen molar-refractivity contribution in [3.63, 3.8) is 0 Å². The quantitative estimate of drug-likeness (QED) is 0.789. The summed E-state index contributed by atoms with van der Waals surface area (Å²) in [5, 5.41) is 7.09. The first-order chi connectivity index (χ1) is 10.2. The van der Waals surface area contributed by atoms with Gasteiger partial charge in [0.1, 0.15) is 5.52 Å². The zero-order valence-corrected chi connectivity index (χ0v) is 11.6. The summed E-state index contributed by atoms with van der Waals surface area (Å²) in [5.41, 5.74) is 1.86. The Balaban J connectivity index is 1.78. The van der Waals surface area contributed by atoms with Crippen molar-refractivity contribution in [3.8, 4) is 0 Å². The Morgan fingerprint density at radius 3 is 2.90 bits per heavy atom. The third-order valence-corrected chi connectivity index (χ3v) is 3.14. The molecule has 6 heteroatoms. The Bertz CT molecular complexity index is 748. The molecule has 6 nitrogen and oxygen atoms in total. The van der Waals surface area contributed by atoms with Crippen molar-refractivity contribution in [3.05, 3.63) is 54.6 Å². The molecule has 3 rings (SSSR count). The molecule has 1 aromatic carbocycles. The predicted molar refractivity (Wildman–Crippen MR) is 78.7 cm³/mol. The summed E-state index contributed by atoms with van der Waals surface area (Å²) >= 11 is 0. The molecule has 3 aromatic rings. The lowest BCUT2D eigenvalue weighted by atomic mass is 10.1. The topological polar surface area (TPSA) is 72.7 Å². The number of carbonyl (C=O) groups is 1. The maximum absolute atomic E-state index is 12.4. The first-order valence-corrected chi connectivity index (χ1v) is 6.72. The van der Waals surface area contributed by atoms with E-state index in [-0.39, 0.29) is 11.9 Å². The van der Waals surface area contributed by atoms with Gasteiger partial charge in [0.25, 0.3) is 5.91 Å². The van der Waals surface area contributed by atoms with Crippen molar-refractivity contribution in [1.82, 2.24) is 25.1 Å². The summed E-state index contributed by atoms with van der Waals surface area (Å²) < 4.78 is 1.79. The second kappa shape index (κ2) is 5.70. The Labute approximate surface area is 121 Å². The van der Waals surface area contributed by atoms with E-state index < -0.39 is 0 Å². The van der Waals surface area contributed by atoms with Gasteiger partial charge < -0.3 is 5.32 Å². The van der Waals surface area contributed by atoms with Gasteiger partial charge in [-0.1, -0.05) is 6.07 Å². The van der Waals surface area contributed by atoms with Crippen LogP contribution in [-0.4, -0.2) is 31.7 Å². The minimum Gasteiger partial charge on any atom is -0.348 e. The molecule has 0 radical (unpaired) electrons. The fraction of sp³-hybridized carbons (Fsp3) is 0.200. The van der Waals surface area contributed by atoms with Crippen LogP contribution in [0.4, 0.5) is 0 Å². The second-order valence-corrected chi connectivity index (χ2v) is 4.83. The number of hydrogen-bond acceptors (Lipinski definition) is 4. The molecule has 0 saturated carbocycles. The third-order valence-electron chi connectivity index (χ3n) is 3.14. The lowest BCUT2D eigenvalue weighted by Gasteiger charge is -2.14. The molecule has 0 bridgehead atoms. The van der Waals surface area contributed by atoms with Crippen LogP contribution in [0.3, 0.4) is 0 Å². The molecule has 0 saturated heterocycles. The first-order valence-electron chi connectivity index (χ1n) is 6.72. The van der Waals surface area contributed by atoms with E-state index in [4.69, 9.17) is 0 Å². The second-order valence-electron chi connectivity index (χ2n) is 4.83. The van der Waals surface area contributed by atoms with Crippen molar-refractivity contribution in [2.24, 2.45) is 0 Å². The van der Waals surface area contributed by atoms with Crippen molar-refractivity contribution < 1.29 is 4.79 Å². The molecular weight excluding hydrogens is 266 g/mol. The van der Waals surface area contributed by atoms with Crippen molar-refractivity contribution in [2.45, 2.75) is 19.5 Å². The lowest BCUT2D eigenvalue weighted by Crippen LogP contribution is -2.36. The number of benzene rings is 1. The molecule has 21 heavy (non-hydrogen) atoms. The van der Waals surface area contributed by atoms with Crippen LogP contribution in [0, 0.1) is 0 Å². The van der Waals surface area contributed by atoms with E-state index in [0.717, 1.165) is 0 Å². The Hall–Kier alpha value is -2.76. The molecule has 2 heterocycles. The van der Waals surface area contributed by atoms with Crippen LogP contribution in [0.15, 0.2) is 49.1 Å². The molecule has 1 amide bonds. The van der Waals surface area contributed by atoms with Crippen molar-refractivity contribution in [1.29, 1.82) is 0 Å². The van der Waals surface area contributed by atoms with Gasteiger partial charge in [-0.15, -0.1) is 0 Å². The highest BCUT2D eigenvalue weighted by atomic mass is 16.1. The van der Waals surface area contributed by atoms with E-state index in [9.17, 15) is 4.79 Å². The highest BCUT2D eigenvalue weighted by Gasteiger charge is 2.14. The van der Waals surface area contributed by atoms with E-state index in [0.29, 0.717) is 23.1 Å². The monoisotopic (exact) mass is 281 g/mol. The number of amides is 1. The fourth-order valence-electron chi connectivity index (χ4n) is 2.21. The number of fused-ring (bicyclic) bond motifs is 1. The third kappa shape index (κ3) is 2.89. The van der Waals surface area contributed by atoms with Gasteiger partial charge in [-0.2, -0.15) is 5.10 Å². The standard InChI is InChI=1S/C15H15N5O/c1-11(10-20-9-3-6-18-20)19-15(21)12-4-2-5-13-14(12)17-8-7-16-13/h2-9,11H,10H2,1H3,(H,19,21)/t11-/m0/s1. The van der Waals surface area contributed by atoms with E-state index in [1.54, 1.807) is 29.3 Å². The summed E-state index contributed by atoms with van der Waals surface area (Å²) in [6.07, 6.45) is 6.79. The van der Waals surface area contributed by atoms with Crippen molar-refractivity contribution in [2.75, 3.05) is 0 Å². The molecule has 1 N–H and O–H groups in total. The maximum atomic E-state index is 12.4. The van der Waals surface area contributed by atoms with Crippen LogP contribution in [0.1, 0.15) is 17.3 Å². The molecule has 106 valence electrons.